The molecule has 3 aliphatic rings. The molecule has 2 aliphatic heterocycles. The van der Waals surface area contributed by atoms with Crippen molar-refractivity contribution in [1.29, 1.82) is 10.7 Å². The third-order valence-corrected chi connectivity index (χ3v) is 8.44. The van der Waals surface area contributed by atoms with Crippen LogP contribution in [0.4, 0.5) is 5.69 Å². The van der Waals surface area contributed by atoms with Gasteiger partial charge in [0.25, 0.3) is 5.91 Å². The highest BCUT2D eigenvalue weighted by atomic mass is 16.2. The zero-order valence-electron chi connectivity index (χ0n) is 23.1. The number of amides is 4. The summed E-state index contributed by atoms with van der Waals surface area (Å²) in [6.45, 7) is 3.14. The van der Waals surface area contributed by atoms with Gasteiger partial charge in [-0.05, 0) is 60.8 Å². The van der Waals surface area contributed by atoms with Gasteiger partial charge in [-0.1, -0.05) is 31.5 Å². The van der Waals surface area contributed by atoms with Crippen molar-refractivity contribution in [3.8, 4) is 6.07 Å². The molecule has 0 radical (unpaired) electrons. The fourth-order valence-electron chi connectivity index (χ4n) is 5.97. The number of hydrogen-bond donors (Lipinski definition) is 3. The lowest BCUT2D eigenvalue weighted by molar-refractivity contribution is -0.136. The summed E-state index contributed by atoms with van der Waals surface area (Å²) in [6.07, 6.45) is 7.92. The lowest BCUT2D eigenvalue weighted by Gasteiger charge is -2.33. The number of carbonyl (C=O) groups is 4. The van der Waals surface area contributed by atoms with Crippen molar-refractivity contribution in [2.75, 3.05) is 18.0 Å². The maximum atomic E-state index is 13.5. The number of nitrogens with one attached hydrogen (secondary N) is 3. The van der Waals surface area contributed by atoms with Gasteiger partial charge in [0.2, 0.25) is 18.2 Å². The van der Waals surface area contributed by atoms with Crippen LogP contribution in [-0.2, 0) is 20.8 Å². The fourth-order valence-corrected chi connectivity index (χ4v) is 5.97. The Morgan fingerprint density at radius 3 is 2.61 bits per heavy atom. The molecule has 1 unspecified atom stereocenters. The molecule has 2 aromatic carbocycles. The second kappa shape index (κ2) is 11.5. The van der Waals surface area contributed by atoms with Crippen molar-refractivity contribution in [2.24, 2.45) is 5.41 Å². The number of nitrogens with zero attached hydrogens (tertiary/aromatic N) is 3. The molecule has 41 heavy (non-hydrogen) atoms. The van der Waals surface area contributed by atoms with Gasteiger partial charge in [-0.15, -0.1) is 0 Å². The van der Waals surface area contributed by atoms with Gasteiger partial charge in [-0.2, -0.15) is 5.26 Å². The molecule has 0 aromatic heterocycles. The van der Waals surface area contributed by atoms with Crippen LogP contribution >= 0.6 is 0 Å². The van der Waals surface area contributed by atoms with E-state index in [1.807, 2.05) is 37.4 Å². The predicted molar refractivity (Wildman–Crippen MR) is 154 cm³/mol. The molecule has 1 aliphatic carbocycles. The van der Waals surface area contributed by atoms with Crippen molar-refractivity contribution in [1.82, 2.24) is 15.5 Å². The Labute approximate surface area is 238 Å². The van der Waals surface area contributed by atoms with E-state index in [-0.39, 0.29) is 17.9 Å². The average molecular weight is 555 g/mol. The summed E-state index contributed by atoms with van der Waals surface area (Å²) in [5.74, 6) is -0.810. The van der Waals surface area contributed by atoms with E-state index in [0.29, 0.717) is 62.9 Å². The van der Waals surface area contributed by atoms with Gasteiger partial charge < -0.3 is 15.6 Å². The van der Waals surface area contributed by atoms with Crippen LogP contribution in [0.3, 0.4) is 0 Å². The van der Waals surface area contributed by atoms with Crippen LogP contribution in [0.1, 0.15) is 61.4 Å². The second-order valence-corrected chi connectivity index (χ2v) is 11.0. The summed E-state index contributed by atoms with van der Waals surface area (Å²) < 4.78 is 0. The Morgan fingerprint density at radius 2 is 1.98 bits per heavy atom. The summed E-state index contributed by atoms with van der Waals surface area (Å²) in [7, 11) is 0. The first-order valence-corrected chi connectivity index (χ1v) is 14.2. The molecule has 212 valence electrons. The lowest BCUT2D eigenvalue weighted by Crippen LogP contribution is -2.48. The van der Waals surface area contributed by atoms with Crippen molar-refractivity contribution >= 4 is 46.8 Å². The summed E-state index contributed by atoms with van der Waals surface area (Å²) in [6, 6.07) is 10.9. The number of nitriles is 1. The molecule has 1 saturated carbocycles. The summed E-state index contributed by atoms with van der Waals surface area (Å²) in [4.78, 5) is 53.1. The molecule has 4 amide bonds. The predicted octanol–water partition coefficient (Wildman–Crippen LogP) is 3.20. The first-order chi connectivity index (χ1) is 19.9. The zero-order chi connectivity index (χ0) is 29.1. The molecule has 2 heterocycles. The quantitative estimate of drug-likeness (QED) is 0.287. The second-order valence-electron chi connectivity index (χ2n) is 11.0. The Bertz CT molecular complexity index is 1480. The minimum Gasteiger partial charge on any atom is -0.388 e. The van der Waals surface area contributed by atoms with Gasteiger partial charge in [-0.3, -0.25) is 29.4 Å². The minimum atomic E-state index is -0.795. The Morgan fingerprint density at radius 1 is 1.22 bits per heavy atom. The van der Waals surface area contributed by atoms with Crippen molar-refractivity contribution in [3.05, 3.63) is 53.2 Å². The maximum Gasteiger partial charge on any atom is 0.259 e. The largest absolute Gasteiger partial charge is 0.388 e. The van der Waals surface area contributed by atoms with Crippen LogP contribution in [0.15, 0.2) is 42.1 Å². The zero-order valence-corrected chi connectivity index (χ0v) is 23.1. The third kappa shape index (κ3) is 5.20. The SMILES string of the molecule is CCCC(C(=O)NC=O)N1C(=O)c2cccc3c(C/C(C=N)=C/NC4CCN(C(=O)C5(C#N)CC5)CC4)ccc1c23. The Hall–Kier alpha value is -4.52. The topological polar surface area (TPSA) is 146 Å². The lowest BCUT2D eigenvalue weighted by atomic mass is 9.96. The number of anilines is 1. The molecule has 1 saturated heterocycles. The first kappa shape index (κ1) is 28.0. The maximum absolute atomic E-state index is 13.5. The van der Waals surface area contributed by atoms with E-state index in [2.05, 4.69) is 16.7 Å². The van der Waals surface area contributed by atoms with Crippen LogP contribution < -0.4 is 15.5 Å². The van der Waals surface area contributed by atoms with Gasteiger partial charge in [0.15, 0.2) is 0 Å². The van der Waals surface area contributed by atoms with E-state index >= 15 is 0 Å². The van der Waals surface area contributed by atoms with E-state index in [0.717, 1.165) is 34.8 Å². The standard InChI is InChI=1S/C31H34N6O4/c1-2-4-26(28(39)35-19-38)37-25-8-7-21(23-5-3-6-24(27(23)25)29(37)40)15-20(16-32)17-34-22-9-13-36(14-10-22)30(41)31(18-33)11-12-31/h3,5-8,16-17,19,22,26,32,34H,2,4,9-15H2,1H3,(H,35,38,39)/b20-17-,32-16?. The van der Waals surface area contributed by atoms with E-state index in [9.17, 15) is 24.4 Å². The molecule has 5 rings (SSSR count). The number of imide groups is 1. The first-order valence-electron chi connectivity index (χ1n) is 14.2. The van der Waals surface area contributed by atoms with Crippen LogP contribution in [0.25, 0.3) is 10.8 Å². The molecule has 0 bridgehead atoms. The number of piperidine rings is 1. The molecule has 3 N–H and O–H groups in total. The highest BCUT2D eigenvalue weighted by molar-refractivity contribution is 6.27. The molecule has 0 spiro atoms. The van der Waals surface area contributed by atoms with Crippen LogP contribution in [-0.4, -0.2) is 60.4 Å². The molecule has 10 nitrogen and oxygen atoms in total. The molecule has 1 atom stereocenters. The smallest absolute Gasteiger partial charge is 0.259 e. The van der Waals surface area contributed by atoms with Crippen molar-refractivity contribution in [2.45, 2.75) is 64.0 Å². The third-order valence-electron chi connectivity index (χ3n) is 8.44. The summed E-state index contributed by atoms with van der Waals surface area (Å²) >= 11 is 0. The monoisotopic (exact) mass is 554 g/mol. The number of likely N-dealkylation sites (tertiary alicyclic amines) is 1. The fraction of sp³-hybridized carbons (Fsp3) is 0.419. The van der Waals surface area contributed by atoms with Crippen LogP contribution in [0.5, 0.6) is 0 Å². The van der Waals surface area contributed by atoms with Crippen molar-refractivity contribution < 1.29 is 19.2 Å². The number of rotatable bonds is 11. The van der Waals surface area contributed by atoms with Gasteiger partial charge in [0.05, 0.1) is 11.8 Å². The van der Waals surface area contributed by atoms with E-state index < -0.39 is 17.4 Å². The minimum absolute atomic E-state index is 0.0383. The number of carbonyl (C=O) groups excluding carboxylic acids is 4. The molecular weight excluding hydrogens is 520 g/mol. The van der Waals surface area contributed by atoms with Crippen LogP contribution in [0, 0.1) is 22.2 Å². The van der Waals surface area contributed by atoms with E-state index in [1.165, 1.54) is 11.1 Å². The Kier molecular flexibility index (Phi) is 7.88. The number of allylic oxidation sites excluding steroid dienone is 1. The molecule has 10 heteroatoms. The highest BCUT2D eigenvalue weighted by Gasteiger charge is 2.52. The normalized spacial score (nSPS) is 18.5. The number of hydrogen-bond acceptors (Lipinski definition) is 7. The molecular formula is C31H34N6O4. The van der Waals surface area contributed by atoms with Gasteiger partial charge in [-0.25, -0.2) is 0 Å². The Balaban J connectivity index is 1.31. The molecule has 2 aromatic rings. The van der Waals surface area contributed by atoms with Gasteiger partial charge in [0, 0.05) is 48.9 Å². The molecule has 2 fully saturated rings. The number of benzene rings is 2. The summed E-state index contributed by atoms with van der Waals surface area (Å²) in [5.41, 5.74) is 2.10. The van der Waals surface area contributed by atoms with Crippen LogP contribution in [0.2, 0.25) is 0 Å². The average Bonchev–Trinajstić information content (AvgIpc) is 3.75. The van der Waals surface area contributed by atoms with Gasteiger partial charge >= 0.3 is 0 Å². The summed E-state index contributed by atoms with van der Waals surface area (Å²) in [5, 5.41) is 24.6. The van der Waals surface area contributed by atoms with E-state index in [1.54, 1.807) is 11.0 Å². The highest BCUT2D eigenvalue weighted by Crippen LogP contribution is 2.47. The van der Waals surface area contributed by atoms with E-state index in [4.69, 9.17) is 5.41 Å². The van der Waals surface area contributed by atoms with Crippen molar-refractivity contribution in [3.63, 3.8) is 0 Å². The van der Waals surface area contributed by atoms with Gasteiger partial charge in [0.1, 0.15) is 11.5 Å².